The number of carboxylic acid groups (broad SMARTS) is 1. The fourth-order valence-electron chi connectivity index (χ4n) is 2.34. The van der Waals surface area contributed by atoms with E-state index >= 15 is 0 Å². The van der Waals surface area contributed by atoms with Gasteiger partial charge in [0.2, 0.25) is 0 Å². The molecular formula is C13H14N4O4. The molecule has 1 N–H and O–H groups in total. The van der Waals surface area contributed by atoms with Crippen LogP contribution in [0.3, 0.4) is 0 Å². The molecule has 0 saturated heterocycles. The van der Waals surface area contributed by atoms with Crippen molar-refractivity contribution >= 4 is 11.7 Å². The van der Waals surface area contributed by atoms with Gasteiger partial charge in [0.05, 0.1) is 4.92 Å². The molecule has 0 atom stereocenters. The van der Waals surface area contributed by atoms with Crippen LogP contribution in [0.1, 0.15) is 33.0 Å². The van der Waals surface area contributed by atoms with Gasteiger partial charge in [-0.15, -0.1) is 0 Å². The lowest BCUT2D eigenvalue weighted by Gasteiger charge is -2.10. The highest BCUT2D eigenvalue weighted by Gasteiger charge is 2.26. The van der Waals surface area contributed by atoms with Gasteiger partial charge in [0.15, 0.2) is 5.82 Å². The average molecular weight is 290 g/mol. The van der Waals surface area contributed by atoms with Crippen LogP contribution in [0.5, 0.6) is 0 Å². The van der Waals surface area contributed by atoms with Gasteiger partial charge in [-0.1, -0.05) is 0 Å². The average Bonchev–Trinajstić information content (AvgIpc) is 2.62. The van der Waals surface area contributed by atoms with E-state index in [4.69, 9.17) is 0 Å². The van der Waals surface area contributed by atoms with Crippen LogP contribution in [0.25, 0.3) is 5.82 Å². The van der Waals surface area contributed by atoms with Gasteiger partial charge in [-0.3, -0.25) is 10.1 Å². The second kappa shape index (κ2) is 4.97. The van der Waals surface area contributed by atoms with E-state index in [-0.39, 0.29) is 28.5 Å². The minimum absolute atomic E-state index is 0.0129. The molecule has 0 spiro atoms. The van der Waals surface area contributed by atoms with E-state index < -0.39 is 10.9 Å². The summed E-state index contributed by atoms with van der Waals surface area (Å²) in [5, 5.41) is 24.5. The molecule has 2 heterocycles. The normalized spacial score (nSPS) is 10.7. The van der Waals surface area contributed by atoms with E-state index in [1.54, 1.807) is 19.9 Å². The first kappa shape index (κ1) is 14.6. The van der Waals surface area contributed by atoms with Crippen LogP contribution < -0.4 is 0 Å². The highest BCUT2D eigenvalue weighted by molar-refractivity contribution is 5.93. The van der Waals surface area contributed by atoms with E-state index in [1.165, 1.54) is 18.5 Å². The van der Waals surface area contributed by atoms with Crippen LogP contribution in [0.2, 0.25) is 0 Å². The molecule has 0 fully saturated rings. The number of aromatic nitrogens is 3. The van der Waals surface area contributed by atoms with Crippen molar-refractivity contribution in [1.82, 2.24) is 14.8 Å². The predicted molar refractivity (Wildman–Crippen MR) is 73.9 cm³/mol. The Morgan fingerprint density at radius 1 is 1.33 bits per heavy atom. The maximum absolute atomic E-state index is 11.4. The van der Waals surface area contributed by atoms with Crippen LogP contribution in [-0.2, 0) is 0 Å². The predicted octanol–water partition coefficient (Wildman–Crippen LogP) is 2.11. The van der Waals surface area contributed by atoms with Crippen molar-refractivity contribution in [3.8, 4) is 5.82 Å². The van der Waals surface area contributed by atoms with E-state index in [0.29, 0.717) is 11.3 Å². The Hall–Kier alpha value is -2.77. The zero-order valence-corrected chi connectivity index (χ0v) is 12.0. The second-order valence-electron chi connectivity index (χ2n) is 4.77. The molecule has 0 amide bonds. The molecule has 21 heavy (non-hydrogen) atoms. The molecule has 0 saturated carbocycles. The molecule has 2 aromatic rings. The number of carboxylic acids is 1. The summed E-state index contributed by atoms with van der Waals surface area (Å²) >= 11 is 0. The third kappa shape index (κ3) is 2.35. The number of hydrogen-bond donors (Lipinski definition) is 1. The minimum Gasteiger partial charge on any atom is -0.478 e. The molecule has 0 bridgehead atoms. The standard InChI is InChI=1S/C13H14N4O4/c1-6-5-7(2)14-12(10(6)13(18)19)16-9(4)11(17(20)21)8(3)15-16/h5H,1-4H3,(H,18,19). The van der Waals surface area contributed by atoms with Gasteiger partial charge in [-0.2, -0.15) is 5.10 Å². The SMILES string of the molecule is Cc1cc(C)c(C(=O)O)c(-n2nc(C)c([N+](=O)[O-])c2C)n1. The molecule has 110 valence electrons. The number of nitro groups is 1. The second-order valence-corrected chi connectivity index (χ2v) is 4.77. The third-order valence-corrected chi connectivity index (χ3v) is 3.18. The molecule has 0 radical (unpaired) electrons. The first-order valence-electron chi connectivity index (χ1n) is 6.16. The Morgan fingerprint density at radius 2 is 1.95 bits per heavy atom. The van der Waals surface area contributed by atoms with E-state index in [0.717, 1.165) is 0 Å². The summed E-state index contributed by atoms with van der Waals surface area (Å²) in [7, 11) is 0. The smallest absolute Gasteiger partial charge is 0.339 e. The van der Waals surface area contributed by atoms with Gasteiger partial charge in [0, 0.05) is 5.69 Å². The van der Waals surface area contributed by atoms with Gasteiger partial charge in [-0.05, 0) is 39.3 Å². The van der Waals surface area contributed by atoms with E-state index in [1.807, 2.05) is 0 Å². The topological polar surface area (TPSA) is 111 Å². The largest absolute Gasteiger partial charge is 0.478 e. The van der Waals surface area contributed by atoms with Crippen molar-refractivity contribution in [2.45, 2.75) is 27.7 Å². The number of aromatic carboxylic acids is 1. The molecule has 2 aromatic heterocycles. The molecule has 0 aromatic carbocycles. The summed E-state index contributed by atoms with van der Waals surface area (Å²) in [5.74, 6) is -1.06. The molecule has 8 nitrogen and oxygen atoms in total. The number of hydrogen-bond acceptors (Lipinski definition) is 5. The molecule has 2 rings (SSSR count). The highest BCUT2D eigenvalue weighted by atomic mass is 16.6. The lowest BCUT2D eigenvalue weighted by Crippen LogP contribution is -2.13. The zero-order valence-electron chi connectivity index (χ0n) is 12.0. The first-order valence-corrected chi connectivity index (χ1v) is 6.16. The summed E-state index contributed by atoms with van der Waals surface area (Å²) in [4.78, 5) is 26.2. The first-order chi connectivity index (χ1) is 9.73. The van der Waals surface area contributed by atoms with Crippen molar-refractivity contribution in [3.05, 3.63) is 44.4 Å². The van der Waals surface area contributed by atoms with Crippen LogP contribution in [0.15, 0.2) is 6.07 Å². The molecule has 8 heteroatoms. The summed E-state index contributed by atoms with van der Waals surface area (Å²) in [6.45, 7) is 6.40. The zero-order chi connectivity index (χ0) is 15.9. The number of aryl methyl sites for hydroxylation is 3. The summed E-state index contributed by atoms with van der Waals surface area (Å²) in [5.41, 5.74) is 1.46. The van der Waals surface area contributed by atoms with Crippen LogP contribution >= 0.6 is 0 Å². The summed E-state index contributed by atoms with van der Waals surface area (Å²) < 4.78 is 1.22. The maximum Gasteiger partial charge on any atom is 0.339 e. The van der Waals surface area contributed by atoms with Crippen LogP contribution in [0.4, 0.5) is 5.69 Å². The Morgan fingerprint density at radius 3 is 2.43 bits per heavy atom. The number of pyridine rings is 1. The van der Waals surface area contributed by atoms with Crippen LogP contribution in [-0.4, -0.2) is 30.8 Å². The Bertz CT molecular complexity index is 764. The number of nitrogens with zero attached hydrogens (tertiary/aromatic N) is 4. The highest BCUT2D eigenvalue weighted by Crippen LogP contribution is 2.26. The van der Waals surface area contributed by atoms with Crippen molar-refractivity contribution in [2.75, 3.05) is 0 Å². The van der Waals surface area contributed by atoms with Gasteiger partial charge < -0.3 is 5.11 Å². The fraction of sp³-hybridized carbons (Fsp3) is 0.308. The Kier molecular flexibility index (Phi) is 3.46. The van der Waals surface area contributed by atoms with Crippen molar-refractivity contribution < 1.29 is 14.8 Å². The summed E-state index contributed by atoms with van der Waals surface area (Å²) in [6, 6.07) is 1.65. The Labute approximate surface area is 120 Å². The van der Waals surface area contributed by atoms with Crippen molar-refractivity contribution in [1.29, 1.82) is 0 Å². The molecular weight excluding hydrogens is 276 g/mol. The number of carbonyl (C=O) groups is 1. The molecule has 0 aliphatic rings. The van der Waals surface area contributed by atoms with Crippen molar-refractivity contribution in [2.24, 2.45) is 0 Å². The fourth-order valence-corrected chi connectivity index (χ4v) is 2.34. The molecule has 0 aliphatic carbocycles. The van der Waals surface area contributed by atoms with E-state index in [9.17, 15) is 20.0 Å². The van der Waals surface area contributed by atoms with Crippen LogP contribution in [0, 0.1) is 37.8 Å². The monoisotopic (exact) mass is 290 g/mol. The maximum atomic E-state index is 11.4. The van der Waals surface area contributed by atoms with E-state index in [2.05, 4.69) is 10.1 Å². The van der Waals surface area contributed by atoms with Gasteiger partial charge >= 0.3 is 11.7 Å². The molecule has 0 aliphatic heterocycles. The van der Waals surface area contributed by atoms with Crippen molar-refractivity contribution in [3.63, 3.8) is 0 Å². The lowest BCUT2D eigenvalue weighted by molar-refractivity contribution is -0.386. The lowest BCUT2D eigenvalue weighted by atomic mass is 10.1. The van der Waals surface area contributed by atoms with Gasteiger partial charge in [0.1, 0.15) is 17.0 Å². The Balaban J connectivity index is 2.82. The quantitative estimate of drug-likeness (QED) is 0.684. The van der Waals surface area contributed by atoms with Gasteiger partial charge in [-0.25, -0.2) is 14.5 Å². The minimum atomic E-state index is -1.15. The summed E-state index contributed by atoms with van der Waals surface area (Å²) in [6.07, 6.45) is 0. The number of rotatable bonds is 3. The molecule has 0 unspecified atom stereocenters. The van der Waals surface area contributed by atoms with Gasteiger partial charge in [0.25, 0.3) is 0 Å². The third-order valence-electron chi connectivity index (χ3n) is 3.18.